The van der Waals surface area contributed by atoms with Gasteiger partial charge in [0.25, 0.3) is 0 Å². The monoisotopic (exact) mass is 260 g/mol. The average molecular weight is 260 g/mol. The zero-order chi connectivity index (χ0) is 13.7. The van der Waals surface area contributed by atoms with Crippen LogP contribution in [0.3, 0.4) is 0 Å². The number of nitrogens with one attached hydrogen (secondary N) is 1. The van der Waals surface area contributed by atoms with Crippen LogP contribution in [0.25, 0.3) is 0 Å². The van der Waals surface area contributed by atoms with E-state index in [2.05, 4.69) is 16.4 Å². The Labute approximate surface area is 112 Å². The Morgan fingerprint density at radius 3 is 2.95 bits per heavy atom. The van der Waals surface area contributed by atoms with Crippen molar-refractivity contribution in [2.75, 3.05) is 25.5 Å². The molecule has 1 aromatic heterocycles. The highest BCUT2D eigenvalue weighted by atomic mass is 16.5. The molecule has 0 aliphatic carbocycles. The summed E-state index contributed by atoms with van der Waals surface area (Å²) < 4.78 is 4.69. The molecule has 1 amide bonds. The van der Waals surface area contributed by atoms with Crippen molar-refractivity contribution in [1.29, 1.82) is 5.26 Å². The number of anilines is 1. The highest BCUT2D eigenvalue weighted by molar-refractivity contribution is 5.67. The maximum absolute atomic E-state index is 11.4. The summed E-state index contributed by atoms with van der Waals surface area (Å²) in [5.41, 5.74) is 0.540. The number of hydrogen-bond acceptors (Lipinski definition) is 5. The molecule has 1 fully saturated rings. The topological polar surface area (TPSA) is 78.2 Å². The first-order chi connectivity index (χ1) is 9.24. The summed E-state index contributed by atoms with van der Waals surface area (Å²) in [7, 11) is 1.39. The first-order valence-electron chi connectivity index (χ1n) is 6.19. The molecule has 1 saturated heterocycles. The molecule has 0 saturated carbocycles. The molecule has 0 bridgehead atoms. The highest BCUT2D eigenvalue weighted by Crippen LogP contribution is 2.18. The van der Waals surface area contributed by atoms with Gasteiger partial charge in [-0.15, -0.1) is 0 Å². The molecule has 1 aliphatic rings. The van der Waals surface area contributed by atoms with Crippen molar-refractivity contribution in [3.8, 4) is 6.07 Å². The number of aromatic nitrogens is 1. The lowest BCUT2D eigenvalue weighted by molar-refractivity contribution is 0.113. The van der Waals surface area contributed by atoms with Gasteiger partial charge < -0.3 is 15.0 Å². The van der Waals surface area contributed by atoms with Crippen LogP contribution in [-0.2, 0) is 4.74 Å². The molecule has 0 spiro atoms. The van der Waals surface area contributed by atoms with Crippen molar-refractivity contribution in [3.63, 3.8) is 0 Å². The van der Waals surface area contributed by atoms with E-state index < -0.39 is 0 Å². The van der Waals surface area contributed by atoms with Crippen LogP contribution in [0.15, 0.2) is 18.3 Å². The van der Waals surface area contributed by atoms with E-state index in [1.54, 1.807) is 23.2 Å². The van der Waals surface area contributed by atoms with Crippen molar-refractivity contribution >= 4 is 11.9 Å². The van der Waals surface area contributed by atoms with Gasteiger partial charge in [0.1, 0.15) is 11.9 Å². The second-order valence-electron chi connectivity index (χ2n) is 4.39. The van der Waals surface area contributed by atoms with E-state index in [1.807, 2.05) is 0 Å². The predicted octanol–water partition coefficient (Wildman–Crippen LogP) is 1.60. The van der Waals surface area contributed by atoms with Crippen LogP contribution in [0.4, 0.5) is 10.6 Å². The van der Waals surface area contributed by atoms with E-state index in [4.69, 9.17) is 10.00 Å². The first-order valence-corrected chi connectivity index (χ1v) is 6.19. The van der Waals surface area contributed by atoms with Gasteiger partial charge in [0, 0.05) is 25.3 Å². The number of methoxy groups -OCH3 is 1. The van der Waals surface area contributed by atoms with Gasteiger partial charge in [-0.2, -0.15) is 5.26 Å². The number of hydrogen-bond donors (Lipinski definition) is 1. The van der Waals surface area contributed by atoms with E-state index in [9.17, 15) is 4.79 Å². The number of carbonyl (C=O) groups is 1. The fourth-order valence-electron chi connectivity index (χ4n) is 2.14. The van der Waals surface area contributed by atoms with Crippen molar-refractivity contribution in [2.24, 2.45) is 0 Å². The second-order valence-corrected chi connectivity index (χ2v) is 4.39. The maximum atomic E-state index is 11.4. The van der Waals surface area contributed by atoms with Crippen LogP contribution >= 0.6 is 0 Å². The lowest BCUT2D eigenvalue weighted by atomic mass is 10.1. The van der Waals surface area contributed by atoms with Crippen molar-refractivity contribution < 1.29 is 9.53 Å². The largest absolute Gasteiger partial charge is 0.453 e. The quantitative estimate of drug-likeness (QED) is 0.873. The zero-order valence-corrected chi connectivity index (χ0v) is 10.8. The number of carbonyl (C=O) groups excluding carboxylic acids is 1. The fourth-order valence-corrected chi connectivity index (χ4v) is 2.14. The molecule has 6 nitrogen and oxygen atoms in total. The molecule has 0 radical (unpaired) electrons. The van der Waals surface area contributed by atoms with Crippen LogP contribution in [0.5, 0.6) is 0 Å². The predicted molar refractivity (Wildman–Crippen MR) is 69.6 cm³/mol. The SMILES string of the molecule is COC(=O)N1CCC(Nc2ncccc2C#N)CC1. The number of nitriles is 1. The maximum Gasteiger partial charge on any atom is 0.409 e. The molecular formula is C13H16N4O2. The number of piperidine rings is 1. The molecule has 2 rings (SSSR count). The summed E-state index contributed by atoms with van der Waals surface area (Å²) in [4.78, 5) is 17.2. The third kappa shape index (κ3) is 3.13. The molecule has 0 unspecified atom stereocenters. The summed E-state index contributed by atoms with van der Waals surface area (Å²) >= 11 is 0. The van der Waals surface area contributed by atoms with Gasteiger partial charge in [0.2, 0.25) is 0 Å². The van der Waals surface area contributed by atoms with Crippen LogP contribution in [-0.4, -0.2) is 42.2 Å². The summed E-state index contributed by atoms with van der Waals surface area (Å²) in [5.74, 6) is 0.613. The normalized spacial score (nSPS) is 15.7. The van der Waals surface area contributed by atoms with E-state index in [0.717, 1.165) is 12.8 Å². The van der Waals surface area contributed by atoms with Crippen LogP contribution in [0.2, 0.25) is 0 Å². The summed E-state index contributed by atoms with van der Waals surface area (Å²) in [6, 6.07) is 5.81. The second kappa shape index (κ2) is 6.05. The zero-order valence-electron chi connectivity index (χ0n) is 10.8. The number of nitrogens with zero attached hydrogens (tertiary/aromatic N) is 3. The molecule has 1 N–H and O–H groups in total. The van der Waals surface area contributed by atoms with Crippen LogP contribution in [0, 0.1) is 11.3 Å². The van der Waals surface area contributed by atoms with Gasteiger partial charge in [0.05, 0.1) is 12.7 Å². The molecule has 1 aromatic rings. The Bertz CT molecular complexity index is 490. The fraction of sp³-hybridized carbons (Fsp3) is 0.462. The molecule has 6 heteroatoms. The Kier molecular flexibility index (Phi) is 4.18. The number of rotatable bonds is 2. The van der Waals surface area contributed by atoms with E-state index >= 15 is 0 Å². The standard InChI is InChI=1S/C13H16N4O2/c1-19-13(18)17-7-4-11(5-8-17)16-12-10(9-14)3-2-6-15-12/h2-3,6,11H,4-5,7-8H2,1H3,(H,15,16). The average Bonchev–Trinajstić information content (AvgIpc) is 2.48. The third-order valence-corrected chi connectivity index (χ3v) is 3.20. The molecule has 19 heavy (non-hydrogen) atoms. The molecular weight excluding hydrogens is 244 g/mol. The molecule has 1 aliphatic heterocycles. The van der Waals surface area contributed by atoms with Gasteiger partial charge in [-0.05, 0) is 25.0 Å². The smallest absolute Gasteiger partial charge is 0.409 e. The minimum atomic E-state index is -0.283. The van der Waals surface area contributed by atoms with Gasteiger partial charge in [-0.25, -0.2) is 9.78 Å². The number of pyridine rings is 1. The van der Waals surface area contributed by atoms with Gasteiger partial charge in [0.15, 0.2) is 0 Å². The first kappa shape index (κ1) is 13.1. The molecule has 0 atom stereocenters. The lowest BCUT2D eigenvalue weighted by Gasteiger charge is -2.31. The Morgan fingerprint density at radius 1 is 1.58 bits per heavy atom. The van der Waals surface area contributed by atoms with Gasteiger partial charge >= 0.3 is 6.09 Å². The van der Waals surface area contributed by atoms with E-state index in [1.165, 1.54) is 7.11 Å². The van der Waals surface area contributed by atoms with Crippen molar-refractivity contribution in [2.45, 2.75) is 18.9 Å². The summed E-state index contributed by atoms with van der Waals surface area (Å²) in [5, 5.41) is 12.3. The van der Waals surface area contributed by atoms with Crippen molar-refractivity contribution in [3.05, 3.63) is 23.9 Å². The van der Waals surface area contributed by atoms with Gasteiger partial charge in [-0.3, -0.25) is 0 Å². The Hall–Kier alpha value is -2.29. The summed E-state index contributed by atoms with van der Waals surface area (Å²) in [6.45, 7) is 1.30. The summed E-state index contributed by atoms with van der Waals surface area (Å²) in [6.07, 6.45) is 3.01. The third-order valence-electron chi connectivity index (χ3n) is 3.20. The van der Waals surface area contributed by atoms with E-state index in [0.29, 0.717) is 24.5 Å². The molecule has 100 valence electrons. The number of amides is 1. The van der Waals surface area contributed by atoms with Gasteiger partial charge in [-0.1, -0.05) is 0 Å². The highest BCUT2D eigenvalue weighted by Gasteiger charge is 2.23. The lowest BCUT2D eigenvalue weighted by Crippen LogP contribution is -2.42. The minimum Gasteiger partial charge on any atom is -0.453 e. The van der Waals surface area contributed by atoms with E-state index in [-0.39, 0.29) is 12.1 Å². The Balaban J connectivity index is 1.93. The van der Waals surface area contributed by atoms with Crippen molar-refractivity contribution in [1.82, 2.24) is 9.88 Å². The minimum absolute atomic E-state index is 0.225. The molecule has 2 heterocycles. The molecule has 0 aromatic carbocycles. The van der Waals surface area contributed by atoms with Crippen LogP contribution < -0.4 is 5.32 Å². The number of ether oxygens (including phenoxy) is 1. The van der Waals surface area contributed by atoms with Crippen LogP contribution in [0.1, 0.15) is 18.4 Å². The number of likely N-dealkylation sites (tertiary alicyclic amines) is 1. The Morgan fingerprint density at radius 2 is 2.32 bits per heavy atom.